The molecule has 1 saturated carbocycles. The van der Waals surface area contributed by atoms with Crippen LogP contribution < -0.4 is 0 Å². The molecule has 1 aliphatic rings. The average molecular weight is 320 g/mol. The maximum atomic E-state index is 10.1. The van der Waals surface area contributed by atoms with Gasteiger partial charge in [0.1, 0.15) is 0 Å². The van der Waals surface area contributed by atoms with Gasteiger partial charge in [0, 0.05) is 0 Å². The molecule has 0 unspecified atom stereocenters. The zero-order chi connectivity index (χ0) is 12.8. The molecule has 0 aromatic heterocycles. The van der Waals surface area contributed by atoms with Gasteiger partial charge in [-0.1, -0.05) is 0 Å². The molecule has 0 saturated heterocycles. The van der Waals surface area contributed by atoms with Gasteiger partial charge in [-0.05, 0) is 81.9 Å². The van der Waals surface area contributed by atoms with E-state index in [1.165, 1.54) is 0 Å². The van der Waals surface area contributed by atoms with Crippen LogP contribution in [0.5, 0.6) is 0 Å². The Hall–Kier alpha value is 0.824. The van der Waals surface area contributed by atoms with Crippen LogP contribution in [-0.2, 0) is 21.7 Å². The van der Waals surface area contributed by atoms with Crippen molar-refractivity contribution < 1.29 is 21.7 Å². The molecule has 109 valence electrons. The molecule has 0 aliphatic heterocycles. The number of rotatable bonds is 3. The SMILES string of the molecule is CN(C)P(=[N-])(N(C)C)N(C)C.[CH3-].[CH3-].[CH]1[CH][CH][CH][CH]1.[Ti+4]. The second-order valence-electron chi connectivity index (χ2n) is 4.04. The van der Waals surface area contributed by atoms with Crippen molar-refractivity contribution in [1.29, 1.82) is 0 Å². The van der Waals surface area contributed by atoms with Crippen molar-refractivity contribution in [2.24, 2.45) is 0 Å². The van der Waals surface area contributed by atoms with Crippen molar-refractivity contribution in [2.75, 3.05) is 42.3 Å². The first kappa shape index (κ1) is 28.1. The summed E-state index contributed by atoms with van der Waals surface area (Å²) in [6, 6.07) is 0. The van der Waals surface area contributed by atoms with Gasteiger partial charge in [0.25, 0.3) is 0 Å². The predicted molar refractivity (Wildman–Crippen MR) is 85.7 cm³/mol. The van der Waals surface area contributed by atoms with Gasteiger partial charge in [-0.15, -0.1) is 0 Å². The van der Waals surface area contributed by atoms with E-state index in [1.54, 1.807) is 0 Å². The average Bonchev–Trinajstić information content (AvgIpc) is 2.73. The molecule has 6 heteroatoms. The minimum atomic E-state index is -2.19. The molecule has 0 spiro atoms. The number of hydrogen-bond acceptors (Lipinski definition) is 0. The maximum Gasteiger partial charge on any atom is 4.00 e. The fourth-order valence-corrected chi connectivity index (χ4v) is 3.54. The maximum absolute atomic E-state index is 10.1. The van der Waals surface area contributed by atoms with Gasteiger partial charge < -0.3 is 20.0 Å². The van der Waals surface area contributed by atoms with Crippen molar-refractivity contribution in [3.8, 4) is 0 Å². The van der Waals surface area contributed by atoms with Crippen LogP contribution in [0.1, 0.15) is 0 Å². The Kier molecular flexibility index (Phi) is 20.4. The fourth-order valence-electron chi connectivity index (χ4n) is 1.39. The van der Waals surface area contributed by atoms with E-state index in [9.17, 15) is 5.16 Å². The van der Waals surface area contributed by atoms with Crippen LogP contribution in [0.2, 0.25) is 0 Å². The molecule has 1 aliphatic carbocycles. The molecule has 5 radical (unpaired) electrons. The van der Waals surface area contributed by atoms with Gasteiger partial charge in [-0.3, -0.25) is 14.0 Å². The molecular weight excluding hydrogens is 291 g/mol. The van der Waals surface area contributed by atoms with Crippen molar-refractivity contribution in [1.82, 2.24) is 14.0 Å². The minimum absolute atomic E-state index is 0. The Morgan fingerprint density at radius 1 is 0.632 bits per heavy atom. The van der Waals surface area contributed by atoms with E-state index in [4.69, 9.17) is 0 Å². The van der Waals surface area contributed by atoms with Gasteiger partial charge in [0.05, 0.1) is 0 Å². The van der Waals surface area contributed by atoms with Gasteiger partial charge in [-0.25, -0.2) is 0 Å². The standard InChI is InChI=1S/C6H18N4P.C5H5.2CH3.Ti/c1-8(2)11(7,9(3)4)10(5)6;1-2-4-5-3-1;;;/h1-6H3;1-5H;2*1H3;/q-1;;2*-1;+4. The number of nitrogens with zero attached hydrogens (tertiary/aromatic N) is 4. The Bertz CT molecular complexity index is 193. The zero-order valence-electron chi connectivity index (χ0n) is 13.6. The quantitative estimate of drug-likeness (QED) is 0.455. The predicted octanol–water partition coefficient (Wildman–Crippen LogP) is 3.11. The van der Waals surface area contributed by atoms with Crippen LogP contribution >= 0.6 is 7.51 Å². The minimum Gasteiger partial charge on any atom is -0.770 e. The van der Waals surface area contributed by atoms with Gasteiger partial charge >= 0.3 is 21.7 Å². The Labute approximate surface area is 137 Å². The number of hydrogen-bond donors (Lipinski definition) is 0. The van der Waals surface area contributed by atoms with E-state index in [0.717, 1.165) is 0 Å². The third-order valence-corrected chi connectivity index (χ3v) is 5.39. The van der Waals surface area contributed by atoms with Crippen LogP contribution in [0.15, 0.2) is 0 Å². The molecule has 0 heterocycles. The van der Waals surface area contributed by atoms with E-state index >= 15 is 0 Å². The summed E-state index contributed by atoms with van der Waals surface area (Å²) in [5.41, 5.74) is 0. The second-order valence-corrected chi connectivity index (χ2v) is 7.51. The molecule has 0 atom stereocenters. The molecule has 0 aromatic carbocycles. The van der Waals surface area contributed by atoms with Crippen LogP contribution in [0, 0.1) is 47.0 Å². The summed E-state index contributed by atoms with van der Waals surface area (Å²) in [6.45, 7) is 0. The molecule has 0 N–H and O–H groups in total. The Balaban J connectivity index is -0.000000121. The summed E-state index contributed by atoms with van der Waals surface area (Å²) in [5, 5.41) is 10.1. The normalized spacial score (nSPS) is 14.2. The molecule has 19 heavy (non-hydrogen) atoms. The zero-order valence-corrected chi connectivity index (χ0v) is 16.1. The van der Waals surface area contributed by atoms with Crippen LogP contribution in [0.4, 0.5) is 0 Å². The second kappa shape index (κ2) is 13.8. The molecule has 1 rings (SSSR count). The van der Waals surface area contributed by atoms with E-state index in [2.05, 4.69) is 0 Å². The fraction of sp³-hybridized carbons (Fsp3) is 0.462. The van der Waals surface area contributed by atoms with Crippen LogP contribution in [0.3, 0.4) is 0 Å². The van der Waals surface area contributed by atoms with Crippen LogP contribution in [0.25, 0.3) is 5.16 Å². The van der Waals surface area contributed by atoms with E-state index in [-0.39, 0.29) is 36.6 Å². The Morgan fingerprint density at radius 2 is 0.789 bits per heavy atom. The van der Waals surface area contributed by atoms with E-state index in [1.807, 2.05) is 88.4 Å². The van der Waals surface area contributed by atoms with Crippen molar-refractivity contribution in [3.63, 3.8) is 0 Å². The smallest absolute Gasteiger partial charge is 0.770 e. The first-order valence-corrected chi connectivity index (χ1v) is 6.75. The van der Waals surface area contributed by atoms with Crippen LogP contribution in [-0.4, -0.2) is 56.3 Å². The molecule has 0 aromatic rings. The van der Waals surface area contributed by atoms with E-state index in [0.29, 0.717) is 0 Å². The summed E-state index contributed by atoms with van der Waals surface area (Å²) < 4.78 is 5.56. The molecule has 0 bridgehead atoms. The van der Waals surface area contributed by atoms with Crippen molar-refractivity contribution in [3.05, 3.63) is 52.1 Å². The summed E-state index contributed by atoms with van der Waals surface area (Å²) in [6.07, 6.45) is 10.0. The first-order valence-electron chi connectivity index (χ1n) is 5.15. The largest absolute Gasteiger partial charge is 4.00 e. The third kappa shape index (κ3) is 9.39. The van der Waals surface area contributed by atoms with Gasteiger partial charge in [0.2, 0.25) is 0 Å². The molecular formula is C13H29N4PTi+. The molecule has 0 amide bonds. The molecule has 4 nitrogen and oxygen atoms in total. The van der Waals surface area contributed by atoms with Crippen molar-refractivity contribution >= 4 is 7.51 Å². The first-order chi connectivity index (χ1) is 7.33. The molecule has 1 fully saturated rings. The monoisotopic (exact) mass is 320 g/mol. The summed E-state index contributed by atoms with van der Waals surface area (Å²) in [4.78, 5) is 0. The summed E-state index contributed by atoms with van der Waals surface area (Å²) in [7, 11) is 9.11. The topological polar surface area (TPSA) is 32.0 Å². The summed E-state index contributed by atoms with van der Waals surface area (Å²) in [5.74, 6) is 0. The third-order valence-electron chi connectivity index (χ3n) is 2.17. The van der Waals surface area contributed by atoms with Gasteiger partial charge in [0.15, 0.2) is 0 Å². The van der Waals surface area contributed by atoms with Gasteiger partial charge in [-0.2, -0.15) is 0 Å². The van der Waals surface area contributed by atoms with Crippen molar-refractivity contribution in [2.45, 2.75) is 0 Å². The Morgan fingerprint density at radius 3 is 0.842 bits per heavy atom. The van der Waals surface area contributed by atoms with E-state index < -0.39 is 7.51 Å². The summed E-state index contributed by atoms with van der Waals surface area (Å²) >= 11 is 0.